The molecule has 3 aromatic rings. The summed E-state index contributed by atoms with van der Waals surface area (Å²) in [6.45, 7) is 2.04. The van der Waals surface area contributed by atoms with Crippen molar-refractivity contribution in [2.45, 2.75) is 18.5 Å². The number of methoxy groups -OCH3 is 2. The van der Waals surface area contributed by atoms with E-state index in [0.717, 1.165) is 22.3 Å². The zero-order valence-corrected chi connectivity index (χ0v) is 19.3. The molecule has 0 aromatic heterocycles. The third-order valence-electron chi connectivity index (χ3n) is 6.92. The minimum absolute atomic E-state index is 0.133. The average molecular weight is 455 g/mol. The maximum absolute atomic E-state index is 13.0. The number of carbonyl (C=O) groups excluding carboxylic acids is 2. The molecule has 2 N–H and O–H groups in total. The Labute approximate surface area is 198 Å². The Morgan fingerprint density at radius 1 is 1.00 bits per heavy atom. The monoisotopic (exact) mass is 454 g/mol. The summed E-state index contributed by atoms with van der Waals surface area (Å²) in [4.78, 5) is 26.0. The smallest absolute Gasteiger partial charge is 0.252 e. The summed E-state index contributed by atoms with van der Waals surface area (Å²) in [5, 5.41) is 6.41. The molecular weight excluding hydrogens is 428 g/mol. The molecule has 1 aliphatic heterocycles. The van der Waals surface area contributed by atoms with Gasteiger partial charge >= 0.3 is 0 Å². The summed E-state index contributed by atoms with van der Waals surface area (Å²) in [6.07, 6.45) is 3.31. The highest BCUT2D eigenvalue weighted by atomic mass is 16.5. The number of amides is 2. The highest BCUT2D eigenvalue weighted by Crippen LogP contribution is 2.57. The van der Waals surface area contributed by atoms with Crippen LogP contribution in [0, 0.1) is 5.92 Å². The Kier molecular flexibility index (Phi) is 5.36. The lowest BCUT2D eigenvalue weighted by Gasteiger charge is -2.33. The van der Waals surface area contributed by atoms with E-state index in [0.29, 0.717) is 17.1 Å². The van der Waals surface area contributed by atoms with Gasteiger partial charge in [-0.25, -0.2) is 0 Å². The fourth-order valence-corrected chi connectivity index (χ4v) is 5.33. The second kappa shape index (κ2) is 8.37. The van der Waals surface area contributed by atoms with Crippen molar-refractivity contribution in [3.8, 4) is 11.5 Å². The number of hydrogen-bond donors (Lipinski definition) is 2. The average Bonchev–Trinajstić information content (AvgIpc) is 3.30. The summed E-state index contributed by atoms with van der Waals surface area (Å²) in [7, 11) is 3.20. The minimum atomic E-state index is -0.814. The molecule has 1 heterocycles. The van der Waals surface area contributed by atoms with Gasteiger partial charge in [-0.3, -0.25) is 9.59 Å². The first-order valence-electron chi connectivity index (χ1n) is 11.2. The van der Waals surface area contributed by atoms with Gasteiger partial charge < -0.3 is 20.1 Å². The molecule has 2 amide bonds. The van der Waals surface area contributed by atoms with E-state index in [1.807, 2.05) is 73.7 Å². The number of rotatable bonds is 5. The van der Waals surface area contributed by atoms with E-state index in [4.69, 9.17) is 9.47 Å². The molecule has 34 heavy (non-hydrogen) atoms. The molecule has 0 unspecified atom stereocenters. The zero-order chi connectivity index (χ0) is 23.9. The van der Waals surface area contributed by atoms with Gasteiger partial charge in [-0.1, -0.05) is 55.5 Å². The number of hydrogen-bond acceptors (Lipinski definition) is 4. The molecule has 0 saturated heterocycles. The lowest BCUT2D eigenvalue weighted by Crippen LogP contribution is -2.45. The lowest BCUT2D eigenvalue weighted by atomic mass is 9.78. The first-order valence-corrected chi connectivity index (χ1v) is 11.2. The first kappa shape index (κ1) is 21.8. The summed E-state index contributed by atoms with van der Waals surface area (Å²) >= 11 is 0. The van der Waals surface area contributed by atoms with Crippen molar-refractivity contribution in [2.75, 3.05) is 14.2 Å². The second-order valence-electron chi connectivity index (χ2n) is 8.62. The van der Waals surface area contributed by atoms with E-state index in [1.165, 1.54) is 6.08 Å². The van der Waals surface area contributed by atoms with Crippen molar-refractivity contribution >= 4 is 17.9 Å². The van der Waals surface area contributed by atoms with E-state index >= 15 is 0 Å². The molecule has 1 spiro atoms. The molecule has 5 rings (SSSR count). The fourth-order valence-electron chi connectivity index (χ4n) is 5.33. The Morgan fingerprint density at radius 2 is 1.74 bits per heavy atom. The van der Waals surface area contributed by atoms with E-state index < -0.39 is 11.6 Å². The van der Waals surface area contributed by atoms with Crippen molar-refractivity contribution in [1.29, 1.82) is 0 Å². The third kappa shape index (κ3) is 3.25. The van der Waals surface area contributed by atoms with Gasteiger partial charge in [-0.15, -0.1) is 0 Å². The van der Waals surface area contributed by atoms with E-state index in [1.54, 1.807) is 20.3 Å². The largest absolute Gasteiger partial charge is 0.497 e. The molecule has 172 valence electrons. The predicted octanol–water partition coefficient (Wildman–Crippen LogP) is 4.21. The number of nitrogens with one attached hydrogen (secondary N) is 2. The first-order chi connectivity index (χ1) is 16.5. The van der Waals surface area contributed by atoms with Crippen molar-refractivity contribution in [2.24, 2.45) is 5.92 Å². The maximum atomic E-state index is 13.0. The normalized spacial score (nSPS) is 22.4. The molecule has 6 nitrogen and oxygen atoms in total. The summed E-state index contributed by atoms with van der Waals surface area (Å²) in [6, 6.07) is 20.6. The molecule has 0 saturated carbocycles. The van der Waals surface area contributed by atoms with Crippen LogP contribution < -0.4 is 20.1 Å². The zero-order valence-electron chi connectivity index (χ0n) is 19.3. The summed E-state index contributed by atoms with van der Waals surface area (Å²) < 4.78 is 11.3. The molecule has 6 heteroatoms. The van der Waals surface area contributed by atoms with Crippen LogP contribution in [-0.2, 0) is 10.3 Å². The molecule has 1 aliphatic carbocycles. The SMILES string of the molecule is COc1cc(OC)c2c(c1)[C@]1(NC(=O)c3ccccc31)[C@H](C)[C@H]2NC(=O)/C=C/c1ccccc1. The highest BCUT2D eigenvalue weighted by Gasteiger charge is 2.57. The van der Waals surface area contributed by atoms with Gasteiger partial charge in [0, 0.05) is 29.2 Å². The summed E-state index contributed by atoms with van der Waals surface area (Å²) in [5.41, 5.74) is 3.36. The van der Waals surface area contributed by atoms with Gasteiger partial charge in [-0.2, -0.15) is 0 Å². The molecule has 0 bridgehead atoms. The van der Waals surface area contributed by atoms with Gasteiger partial charge in [-0.05, 0) is 34.9 Å². The van der Waals surface area contributed by atoms with Gasteiger partial charge in [0.05, 0.1) is 25.8 Å². The van der Waals surface area contributed by atoms with Crippen LogP contribution in [-0.4, -0.2) is 26.0 Å². The van der Waals surface area contributed by atoms with E-state index in [9.17, 15) is 9.59 Å². The molecule has 0 fully saturated rings. The minimum Gasteiger partial charge on any atom is -0.497 e. The Morgan fingerprint density at radius 3 is 2.47 bits per heavy atom. The highest BCUT2D eigenvalue weighted by molar-refractivity contribution is 6.01. The number of carbonyl (C=O) groups is 2. The van der Waals surface area contributed by atoms with E-state index in [2.05, 4.69) is 10.6 Å². The van der Waals surface area contributed by atoms with Crippen LogP contribution in [0.2, 0.25) is 0 Å². The lowest BCUT2D eigenvalue weighted by molar-refractivity contribution is -0.117. The number of benzene rings is 3. The molecule has 3 atom stereocenters. The number of ether oxygens (including phenoxy) is 2. The van der Waals surface area contributed by atoms with Gasteiger partial charge in [0.2, 0.25) is 5.91 Å². The number of fused-ring (bicyclic) bond motifs is 4. The van der Waals surface area contributed by atoms with Crippen molar-refractivity contribution in [3.63, 3.8) is 0 Å². The molecule has 2 aliphatic rings. The topological polar surface area (TPSA) is 76.7 Å². The van der Waals surface area contributed by atoms with Crippen molar-refractivity contribution in [1.82, 2.24) is 10.6 Å². The van der Waals surface area contributed by atoms with Crippen LogP contribution in [0.4, 0.5) is 0 Å². The van der Waals surface area contributed by atoms with Crippen LogP contribution in [0.15, 0.2) is 72.8 Å². The fraction of sp³-hybridized carbons (Fsp3) is 0.214. The molecule has 3 aromatic carbocycles. The summed E-state index contributed by atoms with van der Waals surface area (Å²) in [5.74, 6) is 0.682. The quantitative estimate of drug-likeness (QED) is 0.567. The van der Waals surface area contributed by atoms with E-state index in [-0.39, 0.29) is 17.7 Å². The Hall–Kier alpha value is -4.06. The third-order valence-corrected chi connectivity index (χ3v) is 6.92. The van der Waals surface area contributed by atoms with Crippen LogP contribution in [0.25, 0.3) is 6.08 Å². The standard InChI is InChI=1S/C28H26N2O4/c1-17-26(29-24(31)14-13-18-9-5-4-6-10-18)25-22(15-19(33-2)16-23(25)34-3)28(17)21-12-8-7-11-20(21)27(32)30-28/h4-17,26H,1-3H3,(H,29,31)(H,30,32)/b14-13+/t17-,26-,28+/m1/s1. The van der Waals surface area contributed by atoms with Gasteiger partial charge in [0.15, 0.2) is 0 Å². The van der Waals surface area contributed by atoms with Crippen LogP contribution in [0.1, 0.15) is 45.6 Å². The van der Waals surface area contributed by atoms with Crippen molar-refractivity contribution in [3.05, 3.63) is 101 Å². The van der Waals surface area contributed by atoms with Crippen LogP contribution in [0.5, 0.6) is 11.5 Å². The van der Waals surface area contributed by atoms with Crippen LogP contribution in [0.3, 0.4) is 0 Å². The van der Waals surface area contributed by atoms with Crippen LogP contribution >= 0.6 is 0 Å². The second-order valence-corrected chi connectivity index (χ2v) is 8.62. The Bertz CT molecular complexity index is 1300. The Balaban J connectivity index is 1.61. The van der Waals surface area contributed by atoms with Gasteiger partial charge in [0.25, 0.3) is 5.91 Å². The molecular formula is C28H26N2O4. The van der Waals surface area contributed by atoms with Crippen molar-refractivity contribution < 1.29 is 19.1 Å². The predicted molar refractivity (Wildman–Crippen MR) is 130 cm³/mol. The maximum Gasteiger partial charge on any atom is 0.252 e. The van der Waals surface area contributed by atoms with Gasteiger partial charge in [0.1, 0.15) is 11.5 Å². The molecule has 0 radical (unpaired) electrons.